The van der Waals surface area contributed by atoms with Gasteiger partial charge in [-0.2, -0.15) is 0 Å². The number of carbonyl (C=O) groups is 2. The van der Waals surface area contributed by atoms with Crippen molar-refractivity contribution in [1.29, 1.82) is 0 Å². The van der Waals surface area contributed by atoms with Crippen molar-refractivity contribution in [2.75, 3.05) is 5.75 Å². The third-order valence-electron chi connectivity index (χ3n) is 4.04. The van der Waals surface area contributed by atoms with Crippen molar-refractivity contribution in [3.05, 3.63) is 24.3 Å². The van der Waals surface area contributed by atoms with Crippen molar-refractivity contribution < 1.29 is 14.7 Å². The molecule has 2 aromatic rings. The smallest absolute Gasteiger partial charge is 0.306 e. The van der Waals surface area contributed by atoms with Gasteiger partial charge >= 0.3 is 5.97 Å². The average Bonchev–Trinajstić information content (AvgIpc) is 2.96. The summed E-state index contributed by atoms with van der Waals surface area (Å²) in [5.74, 6) is -0.631. The second-order valence-corrected chi connectivity index (χ2v) is 7.94. The van der Waals surface area contributed by atoms with Crippen molar-refractivity contribution in [3.8, 4) is 0 Å². The molecule has 0 radical (unpaired) electrons. The SMILES string of the molecule is O=C(CSc1nc2ccccc2s1)NC1CCC(C(=O)O)CC1. The lowest BCUT2D eigenvalue weighted by molar-refractivity contribution is -0.142. The van der Waals surface area contributed by atoms with Crippen LogP contribution in [0.15, 0.2) is 28.6 Å². The molecule has 1 fully saturated rings. The van der Waals surface area contributed by atoms with E-state index in [-0.39, 0.29) is 17.9 Å². The van der Waals surface area contributed by atoms with Crippen LogP contribution in [0.3, 0.4) is 0 Å². The monoisotopic (exact) mass is 350 g/mol. The Labute approximate surface area is 142 Å². The first-order chi connectivity index (χ1) is 11.1. The number of benzene rings is 1. The largest absolute Gasteiger partial charge is 0.481 e. The summed E-state index contributed by atoms with van der Waals surface area (Å²) >= 11 is 3.04. The normalized spacial score (nSPS) is 21.2. The summed E-state index contributed by atoms with van der Waals surface area (Å²) in [4.78, 5) is 27.5. The Morgan fingerprint density at radius 3 is 2.70 bits per heavy atom. The number of nitrogens with zero attached hydrogens (tertiary/aromatic N) is 1. The molecule has 0 saturated heterocycles. The summed E-state index contributed by atoms with van der Waals surface area (Å²) in [5, 5.41) is 12.0. The van der Waals surface area contributed by atoms with Crippen LogP contribution in [0.1, 0.15) is 25.7 Å². The number of fused-ring (bicyclic) bond motifs is 1. The molecule has 1 aromatic heterocycles. The number of hydrogen-bond acceptors (Lipinski definition) is 5. The van der Waals surface area contributed by atoms with Crippen LogP contribution in [-0.4, -0.2) is 33.8 Å². The summed E-state index contributed by atoms with van der Waals surface area (Å²) in [6.07, 6.45) is 2.78. The number of aromatic nitrogens is 1. The molecule has 0 spiro atoms. The summed E-state index contributed by atoms with van der Waals surface area (Å²) in [6.45, 7) is 0. The molecule has 0 unspecified atom stereocenters. The molecule has 0 bridgehead atoms. The zero-order valence-electron chi connectivity index (χ0n) is 12.5. The van der Waals surface area contributed by atoms with E-state index in [4.69, 9.17) is 5.11 Å². The Bertz CT molecular complexity index is 675. The molecule has 1 amide bonds. The third-order valence-corrected chi connectivity index (χ3v) is 6.22. The highest BCUT2D eigenvalue weighted by Gasteiger charge is 2.26. The first-order valence-electron chi connectivity index (χ1n) is 7.62. The van der Waals surface area contributed by atoms with E-state index in [0.717, 1.165) is 27.4 Å². The summed E-state index contributed by atoms with van der Waals surface area (Å²) < 4.78 is 2.03. The van der Waals surface area contributed by atoms with Crippen LogP contribution in [0.5, 0.6) is 0 Å². The van der Waals surface area contributed by atoms with Crippen LogP contribution < -0.4 is 5.32 Å². The molecule has 1 aliphatic rings. The zero-order valence-corrected chi connectivity index (χ0v) is 14.2. The van der Waals surface area contributed by atoms with E-state index in [1.807, 2.05) is 24.3 Å². The number of rotatable bonds is 5. The van der Waals surface area contributed by atoms with E-state index in [1.54, 1.807) is 11.3 Å². The van der Waals surface area contributed by atoms with Crippen molar-refractivity contribution in [1.82, 2.24) is 10.3 Å². The quantitative estimate of drug-likeness (QED) is 0.810. The molecule has 23 heavy (non-hydrogen) atoms. The van der Waals surface area contributed by atoms with E-state index in [2.05, 4.69) is 10.3 Å². The molecular formula is C16H18N2O3S2. The maximum atomic E-state index is 12.0. The molecule has 1 aromatic carbocycles. The van der Waals surface area contributed by atoms with Gasteiger partial charge in [-0.3, -0.25) is 9.59 Å². The van der Waals surface area contributed by atoms with Crippen LogP contribution in [0.2, 0.25) is 0 Å². The highest BCUT2D eigenvalue weighted by molar-refractivity contribution is 8.01. The van der Waals surface area contributed by atoms with E-state index < -0.39 is 5.97 Å². The molecule has 1 saturated carbocycles. The van der Waals surface area contributed by atoms with Crippen molar-refractivity contribution >= 4 is 45.2 Å². The van der Waals surface area contributed by atoms with Crippen molar-refractivity contribution in [2.24, 2.45) is 5.92 Å². The van der Waals surface area contributed by atoms with E-state index in [9.17, 15) is 9.59 Å². The minimum Gasteiger partial charge on any atom is -0.481 e. The number of thiazole rings is 1. The maximum Gasteiger partial charge on any atom is 0.306 e. The lowest BCUT2D eigenvalue weighted by Gasteiger charge is -2.26. The number of carbonyl (C=O) groups excluding carboxylic acids is 1. The molecule has 122 valence electrons. The Hall–Kier alpha value is -1.60. The third kappa shape index (κ3) is 4.23. The van der Waals surface area contributed by atoms with Crippen LogP contribution in [0.25, 0.3) is 10.2 Å². The maximum absolute atomic E-state index is 12.0. The first kappa shape index (κ1) is 16.3. The van der Waals surface area contributed by atoms with E-state index in [0.29, 0.717) is 18.6 Å². The van der Waals surface area contributed by atoms with Gasteiger partial charge in [0.1, 0.15) is 0 Å². The highest BCUT2D eigenvalue weighted by Crippen LogP contribution is 2.29. The molecule has 0 atom stereocenters. The first-order valence-corrected chi connectivity index (χ1v) is 9.42. The number of para-hydroxylation sites is 1. The fourth-order valence-corrected chi connectivity index (χ4v) is 4.67. The van der Waals surface area contributed by atoms with Gasteiger partial charge in [0.2, 0.25) is 5.91 Å². The van der Waals surface area contributed by atoms with Gasteiger partial charge in [-0.25, -0.2) is 4.98 Å². The molecule has 3 rings (SSSR count). The highest BCUT2D eigenvalue weighted by atomic mass is 32.2. The van der Waals surface area contributed by atoms with Gasteiger partial charge < -0.3 is 10.4 Å². The van der Waals surface area contributed by atoms with Gasteiger partial charge in [0.05, 0.1) is 21.9 Å². The Morgan fingerprint density at radius 1 is 1.26 bits per heavy atom. The van der Waals surface area contributed by atoms with Crippen molar-refractivity contribution in [2.45, 2.75) is 36.1 Å². The number of nitrogens with one attached hydrogen (secondary N) is 1. The second kappa shape index (κ2) is 7.31. The number of thioether (sulfide) groups is 1. The number of amides is 1. The van der Waals surface area contributed by atoms with Crippen LogP contribution in [-0.2, 0) is 9.59 Å². The summed E-state index contributed by atoms with van der Waals surface area (Å²) in [7, 11) is 0. The van der Waals surface area contributed by atoms with E-state index >= 15 is 0 Å². The molecular weight excluding hydrogens is 332 g/mol. The number of carboxylic acids is 1. The predicted octanol–water partition coefficient (Wildman–Crippen LogP) is 3.15. The molecule has 5 nitrogen and oxygen atoms in total. The fraction of sp³-hybridized carbons (Fsp3) is 0.438. The van der Waals surface area contributed by atoms with Gasteiger partial charge in [-0.05, 0) is 37.8 Å². The van der Waals surface area contributed by atoms with Gasteiger partial charge in [0.25, 0.3) is 0 Å². The Balaban J connectivity index is 1.45. The van der Waals surface area contributed by atoms with Gasteiger partial charge in [0.15, 0.2) is 4.34 Å². The minimum atomic E-state index is -0.721. The number of aliphatic carboxylic acids is 1. The average molecular weight is 350 g/mol. The number of carboxylic acid groups (broad SMARTS) is 1. The Morgan fingerprint density at radius 2 is 2.00 bits per heavy atom. The van der Waals surface area contributed by atoms with Crippen LogP contribution in [0, 0.1) is 5.92 Å². The standard InChI is InChI=1S/C16H18N2O3S2/c19-14(17-11-7-5-10(6-8-11)15(20)21)9-22-16-18-12-3-1-2-4-13(12)23-16/h1-4,10-11H,5-9H2,(H,17,19)(H,20,21). The summed E-state index contributed by atoms with van der Waals surface area (Å²) in [5.41, 5.74) is 0.965. The molecule has 7 heteroatoms. The molecule has 0 aliphatic heterocycles. The number of hydrogen-bond donors (Lipinski definition) is 2. The van der Waals surface area contributed by atoms with Crippen LogP contribution >= 0.6 is 23.1 Å². The zero-order chi connectivity index (χ0) is 16.2. The van der Waals surface area contributed by atoms with Crippen LogP contribution in [0.4, 0.5) is 0 Å². The lowest BCUT2D eigenvalue weighted by Crippen LogP contribution is -2.39. The van der Waals surface area contributed by atoms with Gasteiger partial charge in [0, 0.05) is 6.04 Å². The minimum absolute atomic E-state index is 0.00645. The topological polar surface area (TPSA) is 79.3 Å². The predicted molar refractivity (Wildman–Crippen MR) is 91.9 cm³/mol. The second-order valence-electron chi connectivity index (χ2n) is 5.69. The van der Waals surface area contributed by atoms with E-state index in [1.165, 1.54) is 11.8 Å². The Kier molecular flexibility index (Phi) is 5.17. The lowest BCUT2D eigenvalue weighted by atomic mass is 9.86. The summed E-state index contributed by atoms with van der Waals surface area (Å²) in [6, 6.07) is 8.04. The molecule has 1 heterocycles. The van der Waals surface area contributed by atoms with Crippen molar-refractivity contribution in [3.63, 3.8) is 0 Å². The van der Waals surface area contributed by atoms with Gasteiger partial charge in [-0.1, -0.05) is 23.9 Å². The van der Waals surface area contributed by atoms with Gasteiger partial charge in [-0.15, -0.1) is 11.3 Å². The fourth-order valence-electron chi connectivity index (χ4n) is 2.79. The molecule has 1 aliphatic carbocycles. The molecule has 2 N–H and O–H groups in total.